The molecule has 1 saturated heterocycles. The minimum absolute atomic E-state index is 0. The van der Waals surface area contributed by atoms with Gasteiger partial charge in [0.25, 0.3) is 0 Å². The van der Waals surface area contributed by atoms with Crippen LogP contribution in [0.2, 0.25) is 0 Å². The van der Waals surface area contributed by atoms with Crippen LogP contribution in [-0.2, 0) is 10.0 Å². The molecule has 1 aromatic rings. The van der Waals surface area contributed by atoms with E-state index in [0.29, 0.717) is 10.8 Å². The molecule has 0 saturated carbocycles. The summed E-state index contributed by atoms with van der Waals surface area (Å²) in [6, 6.07) is 7.40. The van der Waals surface area contributed by atoms with E-state index in [4.69, 9.17) is 0 Å². The maximum Gasteiger partial charge on any atom is 0.240 e. The highest BCUT2D eigenvalue weighted by Gasteiger charge is 2.24. The Morgan fingerprint density at radius 3 is 2.25 bits per heavy atom. The summed E-state index contributed by atoms with van der Waals surface area (Å²) in [5.41, 5.74) is 1.19. The van der Waals surface area contributed by atoms with E-state index < -0.39 is 10.0 Å². The fraction of sp³-hybridized carbons (Fsp3) is 0.667. The Hall–Kier alpha value is -0.620. The molecule has 24 heavy (non-hydrogen) atoms. The summed E-state index contributed by atoms with van der Waals surface area (Å²) in [7, 11) is -3.41. The van der Waals surface area contributed by atoms with Gasteiger partial charge in [0.1, 0.15) is 0 Å². The molecular weight excluding hydrogens is 344 g/mol. The third-order valence-corrected chi connectivity index (χ3v) is 6.36. The SMILES string of the molecule is CCCN1CCC(NS(=O)(=O)c2ccc(C(C)CC)cc2)CC1.Cl. The number of halogens is 1. The van der Waals surface area contributed by atoms with Gasteiger partial charge in [-0.15, -0.1) is 12.4 Å². The number of piperidine rings is 1. The molecule has 1 unspecified atom stereocenters. The summed E-state index contributed by atoms with van der Waals surface area (Å²) in [5.74, 6) is 0.461. The summed E-state index contributed by atoms with van der Waals surface area (Å²) in [6.45, 7) is 9.55. The second-order valence-corrected chi connectivity index (χ2v) is 8.33. The maximum atomic E-state index is 12.5. The molecule has 0 amide bonds. The summed E-state index contributed by atoms with van der Waals surface area (Å²) in [6.07, 6.45) is 3.99. The first kappa shape index (κ1) is 21.4. The highest BCUT2D eigenvalue weighted by molar-refractivity contribution is 7.89. The number of hydrogen-bond acceptors (Lipinski definition) is 3. The van der Waals surface area contributed by atoms with Crippen LogP contribution in [0.5, 0.6) is 0 Å². The first-order valence-electron chi connectivity index (χ1n) is 8.81. The molecule has 1 aliphatic rings. The van der Waals surface area contributed by atoms with Gasteiger partial charge in [0.05, 0.1) is 4.90 Å². The van der Waals surface area contributed by atoms with Gasteiger partial charge in [-0.25, -0.2) is 13.1 Å². The number of rotatable bonds is 7. The van der Waals surface area contributed by atoms with Gasteiger partial charge in [-0.2, -0.15) is 0 Å². The highest BCUT2D eigenvalue weighted by Crippen LogP contribution is 2.21. The summed E-state index contributed by atoms with van der Waals surface area (Å²) >= 11 is 0. The van der Waals surface area contributed by atoms with Gasteiger partial charge in [0.15, 0.2) is 0 Å². The van der Waals surface area contributed by atoms with Crippen molar-refractivity contribution in [3.05, 3.63) is 29.8 Å². The molecule has 1 aliphatic heterocycles. The quantitative estimate of drug-likeness (QED) is 0.790. The summed E-state index contributed by atoms with van der Waals surface area (Å²) in [5, 5.41) is 0. The van der Waals surface area contributed by atoms with E-state index >= 15 is 0 Å². The van der Waals surface area contributed by atoms with Crippen molar-refractivity contribution in [1.82, 2.24) is 9.62 Å². The van der Waals surface area contributed by atoms with E-state index in [0.717, 1.165) is 45.3 Å². The van der Waals surface area contributed by atoms with Crippen LogP contribution in [0.15, 0.2) is 29.2 Å². The zero-order valence-corrected chi connectivity index (χ0v) is 16.6. The van der Waals surface area contributed by atoms with Crippen molar-refractivity contribution < 1.29 is 8.42 Å². The van der Waals surface area contributed by atoms with Crippen LogP contribution in [0.3, 0.4) is 0 Å². The van der Waals surface area contributed by atoms with E-state index in [-0.39, 0.29) is 18.4 Å². The molecular formula is C18H31ClN2O2S. The third-order valence-electron chi connectivity index (χ3n) is 4.82. The lowest BCUT2D eigenvalue weighted by atomic mass is 9.99. The molecule has 1 aromatic carbocycles. The second-order valence-electron chi connectivity index (χ2n) is 6.62. The predicted molar refractivity (Wildman–Crippen MR) is 102 cm³/mol. The molecule has 4 nitrogen and oxygen atoms in total. The molecule has 1 heterocycles. The highest BCUT2D eigenvalue weighted by atomic mass is 35.5. The van der Waals surface area contributed by atoms with E-state index in [2.05, 4.69) is 30.4 Å². The maximum absolute atomic E-state index is 12.5. The zero-order valence-electron chi connectivity index (χ0n) is 15.0. The number of nitrogens with one attached hydrogen (secondary N) is 1. The predicted octanol–water partition coefficient (Wildman–Crippen LogP) is 3.77. The molecule has 6 heteroatoms. The summed E-state index contributed by atoms with van der Waals surface area (Å²) in [4.78, 5) is 2.78. The van der Waals surface area contributed by atoms with Gasteiger partial charge in [-0.1, -0.05) is 32.9 Å². The van der Waals surface area contributed by atoms with Gasteiger partial charge in [-0.05, 0) is 68.9 Å². The molecule has 0 bridgehead atoms. The third kappa shape index (κ3) is 5.73. The monoisotopic (exact) mass is 374 g/mol. The topological polar surface area (TPSA) is 49.4 Å². The number of nitrogens with zero attached hydrogens (tertiary/aromatic N) is 1. The lowest BCUT2D eigenvalue weighted by molar-refractivity contribution is 0.208. The Kier molecular flexibility index (Phi) is 8.71. The number of likely N-dealkylation sites (tertiary alicyclic amines) is 1. The largest absolute Gasteiger partial charge is 0.303 e. The van der Waals surface area contributed by atoms with E-state index in [1.807, 2.05) is 12.1 Å². The fourth-order valence-corrected chi connectivity index (χ4v) is 4.39. The Morgan fingerprint density at radius 2 is 1.75 bits per heavy atom. The van der Waals surface area contributed by atoms with Crippen LogP contribution in [0.4, 0.5) is 0 Å². The van der Waals surface area contributed by atoms with Crippen molar-refractivity contribution in [1.29, 1.82) is 0 Å². The lowest BCUT2D eigenvalue weighted by Crippen LogP contribution is -2.44. The van der Waals surface area contributed by atoms with Crippen molar-refractivity contribution in [2.45, 2.75) is 63.3 Å². The molecule has 1 atom stereocenters. The Bertz CT molecular complexity index is 582. The minimum Gasteiger partial charge on any atom is -0.303 e. The van der Waals surface area contributed by atoms with E-state index in [1.165, 1.54) is 5.56 Å². The average molecular weight is 375 g/mol. The summed E-state index contributed by atoms with van der Waals surface area (Å²) < 4.78 is 27.9. The number of benzene rings is 1. The van der Waals surface area contributed by atoms with Crippen LogP contribution in [-0.4, -0.2) is 39.0 Å². The molecule has 1 N–H and O–H groups in total. The van der Waals surface area contributed by atoms with Crippen LogP contribution in [0.25, 0.3) is 0 Å². The van der Waals surface area contributed by atoms with Crippen LogP contribution >= 0.6 is 12.4 Å². The second kappa shape index (κ2) is 9.76. The zero-order chi connectivity index (χ0) is 16.9. The Balaban J connectivity index is 0.00000288. The molecule has 0 spiro atoms. The molecule has 0 aliphatic carbocycles. The number of sulfonamides is 1. The smallest absolute Gasteiger partial charge is 0.240 e. The Morgan fingerprint density at radius 1 is 1.17 bits per heavy atom. The first-order chi connectivity index (χ1) is 11.0. The van der Waals surface area contributed by atoms with Crippen LogP contribution in [0, 0.1) is 0 Å². The van der Waals surface area contributed by atoms with Crippen molar-refractivity contribution >= 4 is 22.4 Å². The lowest BCUT2D eigenvalue weighted by Gasteiger charge is -2.31. The molecule has 0 radical (unpaired) electrons. The van der Waals surface area contributed by atoms with Crippen molar-refractivity contribution in [3.8, 4) is 0 Å². The van der Waals surface area contributed by atoms with Crippen molar-refractivity contribution in [2.75, 3.05) is 19.6 Å². The van der Waals surface area contributed by atoms with Crippen molar-refractivity contribution in [2.24, 2.45) is 0 Å². The standard InChI is InChI=1S/C18H30N2O2S.ClH/c1-4-12-20-13-10-17(11-14-20)19-23(21,22)18-8-6-16(7-9-18)15(3)5-2;/h6-9,15,17,19H,4-5,10-14H2,1-3H3;1H. The van der Waals surface area contributed by atoms with Crippen molar-refractivity contribution in [3.63, 3.8) is 0 Å². The normalized spacial score (nSPS) is 18.1. The van der Waals surface area contributed by atoms with E-state index in [9.17, 15) is 8.42 Å². The molecule has 0 aromatic heterocycles. The first-order valence-corrected chi connectivity index (χ1v) is 10.3. The van der Waals surface area contributed by atoms with Gasteiger partial charge in [-0.3, -0.25) is 0 Å². The van der Waals surface area contributed by atoms with Gasteiger partial charge >= 0.3 is 0 Å². The molecule has 2 rings (SSSR count). The minimum atomic E-state index is -3.41. The Labute approximate surface area is 153 Å². The van der Waals surface area contributed by atoms with Crippen LogP contribution < -0.4 is 4.72 Å². The molecule has 1 fully saturated rings. The number of hydrogen-bond donors (Lipinski definition) is 1. The van der Waals surface area contributed by atoms with Gasteiger partial charge < -0.3 is 4.90 Å². The van der Waals surface area contributed by atoms with Gasteiger partial charge in [0, 0.05) is 6.04 Å². The fourth-order valence-electron chi connectivity index (χ4n) is 3.09. The van der Waals surface area contributed by atoms with Crippen LogP contribution in [0.1, 0.15) is 57.9 Å². The molecule has 138 valence electrons. The average Bonchev–Trinajstić information content (AvgIpc) is 2.56. The van der Waals surface area contributed by atoms with Gasteiger partial charge in [0.2, 0.25) is 10.0 Å². The van der Waals surface area contributed by atoms with E-state index in [1.54, 1.807) is 12.1 Å².